The molecule has 0 saturated carbocycles. The summed E-state index contributed by atoms with van der Waals surface area (Å²) in [5.41, 5.74) is 5.19. The van der Waals surface area contributed by atoms with Crippen molar-refractivity contribution in [2.75, 3.05) is 25.1 Å². The maximum Gasteiger partial charge on any atom is 0.269 e. The van der Waals surface area contributed by atoms with Gasteiger partial charge in [-0.1, -0.05) is 6.07 Å². The van der Waals surface area contributed by atoms with Gasteiger partial charge in [-0.3, -0.25) is 19.2 Å². The minimum Gasteiger partial charge on any atom is -0.493 e. The zero-order chi connectivity index (χ0) is 28.0. The number of carbonyl (C=O) groups is 1. The average Bonchev–Trinajstić information content (AvgIpc) is 2.89. The number of non-ortho nitro benzene ring substituents is 1. The highest BCUT2D eigenvalue weighted by atomic mass is 32.2. The van der Waals surface area contributed by atoms with Crippen molar-refractivity contribution in [1.82, 2.24) is 5.43 Å². The van der Waals surface area contributed by atoms with Crippen molar-refractivity contribution in [2.45, 2.75) is 25.7 Å². The number of nitrogens with one attached hydrogen (secondary N) is 1. The van der Waals surface area contributed by atoms with Gasteiger partial charge in [0.2, 0.25) is 0 Å². The predicted octanol–water partition coefficient (Wildman–Crippen LogP) is 3.96. The molecule has 0 spiro atoms. The van der Waals surface area contributed by atoms with Crippen LogP contribution in [0.15, 0.2) is 70.7 Å². The van der Waals surface area contributed by atoms with E-state index in [1.807, 2.05) is 19.9 Å². The zero-order valence-electron chi connectivity index (χ0n) is 21.6. The van der Waals surface area contributed by atoms with Crippen molar-refractivity contribution < 1.29 is 27.6 Å². The SMILES string of the molecule is COc1ccc(S(=O)(=O)N(CC(=O)N/N=C(/C)c2ccc([N+](=O)[O-])cc2)c2cc(C)cc(C)c2)cc1OC. The number of hydrazone groups is 1. The number of amides is 1. The molecule has 0 heterocycles. The van der Waals surface area contributed by atoms with Crippen molar-refractivity contribution in [3.63, 3.8) is 0 Å². The lowest BCUT2D eigenvalue weighted by atomic mass is 10.1. The van der Waals surface area contributed by atoms with Crippen molar-refractivity contribution in [3.05, 3.63) is 87.5 Å². The van der Waals surface area contributed by atoms with Crippen LogP contribution in [0.2, 0.25) is 0 Å². The van der Waals surface area contributed by atoms with Crippen LogP contribution in [0, 0.1) is 24.0 Å². The summed E-state index contributed by atoms with van der Waals surface area (Å²) in [5.74, 6) is -0.102. The van der Waals surface area contributed by atoms with Crippen LogP contribution in [0.3, 0.4) is 0 Å². The van der Waals surface area contributed by atoms with Crippen LogP contribution in [0.25, 0.3) is 0 Å². The first kappa shape index (κ1) is 28.1. The Labute approximate surface area is 220 Å². The van der Waals surface area contributed by atoms with Gasteiger partial charge in [-0.15, -0.1) is 0 Å². The van der Waals surface area contributed by atoms with Gasteiger partial charge in [0.25, 0.3) is 21.6 Å². The standard InChI is InChI=1S/C26H28N4O7S/c1-17-12-18(2)14-22(13-17)29(38(34,35)23-10-11-24(36-4)25(15-23)37-5)16-26(31)28-27-19(3)20-6-8-21(9-7-20)30(32)33/h6-15H,16H2,1-5H3,(H,28,31)/b27-19-. The molecule has 11 nitrogen and oxygen atoms in total. The number of methoxy groups -OCH3 is 2. The highest BCUT2D eigenvalue weighted by molar-refractivity contribution is 7.92. The summed E-state index contributed by atoms with van der Waals surface area (Å²) in [6, 6.07) is 15.1. The van der Waals surface area contributed by atoms with E-state index in [1.165, 1.54) is 56.7 Å². The van der Waals surface area contributed by atoms with Gasteiger partial charge in [-0.2, -0.15) is 5.10 Å². The maximum atomic E-state index is 13.8. The molecule has 3 rings (SSSR count). The molecular weight excluding hydrogens is 512 g/mol. The van der Waals surface area contributed by atoms with Crippen LogP contribution in [0.5, 0.6) is 11.5 Å². The quantitative estimate of drug-likeness (QED) is 0.233. The smallest absolute Gasteiger partial charge is 0.269 e. The molecular formula is C26H28N4O7S. The molecule has 0 bridgehead atoms. The van der Waals surface area contributed by atoms with E-state index >= 15 is 0 Å². The molecule has 0 aliphatic rings. The molecule has 0 unspecified atom stereocenters. The Morgan fingerprint density at radius 3 is 2.13 bits per heavy atom. The fraction of sp³-hybridized carbons (Fsp3) is 0.231. The second-order valence-corrected chi connectivity index (χ2v) is 10.3. The number of hydrogen-bond acceptors (Lipinski definition) is 8. The van der Waals surface area contributed by atoms with Crippen LogP contribution in [-0.4, -0.2) is 45.7 Å². The number of anilines is 1. The molecule has 0 aromatic heterocycles. The van der Waals surface area contributed by atoms with Crippen LogP contribution in [-0.2, 0) is 14.8 Å². The summed E-state index contributed by atoms with van der Waals surface area (Å²) >= 11 is 0. The molecule has 1 N–H and O–H groups in total. The Morgan fingerprint density at radius 1 is 0.974 bits per heavy atom. The lowest BCUT2D eigenvalue weighted by Crippen LogP contribution is -2.39. The maximum absolute atomic E-state index is 13.8. The van der Waals surface area contributed by atoms with Crippen molar-refractivity contribution in [1.29, 1.82) is 0 Å². The number of hydrogen-bond donors (Lipinski definition) is 1. The van der Waals surface area contributed by atoms with Crippen LogP contribution < -0.4 is 19.2 Å². The van der Waals surface area contributed by atoms with Crippen molar-refractivity contribution in [2.24, 2.45) is 5.10 Å². The Kier molecular flexibility index (Phi) is 8.68. The lowest BCUT2D eigenvalue weighted by Gasteiger charge is -2.25. The summed E-state index contributed by atoms with van der Waals surface area (Å²) in [6.45, 7) is 4.71. The number of sulfonamides is 1. The van der Waals surface area contributed by atoms with E-state index in [4.69, 9.17) is 9.47 Å². The van der Waals surface area contributed by atoms with Gasteiger partial charge in [-0.25, -0.2) is 13.8 Å². The monoisotopic (exact) mass is 540 g/mol. The topological polar surface area (TPSA) is 140 Å². The van der Waals surface area contributed by atoms with Gasteiger partial charge < -0.3 is 9.47 Å². The first-order valence-electron chi connectivity index (χ1n) is 11.4. The van der Waals surface area contributed by atoms with E-state index in [1.54, 1.807) is 19.1 Å². The number of ether oxygens (including phenoxy) is 2. The van der Waals surface area contributed by atoms with Gasteiger partial charge in [0.1, 0.15) is 6.54 Å². The fourth-order valence-electron chi connectivity index (χ4n) is 3.71. The number of nitro groups is 1. The van der Waals surface area contributed by atoms with E-state index in [-0.39, 0.29) is 16.3 Å². The molecule has 0 fully saturated rings. The third-order valence-corrected chi connectivity index (χ3v) is 7.34. The van der Waals surface area contributed by atoms with Gasteiger partial charge in [-0.05, 0) is 73.9 Å². The number of nitrogens with zero attached hydrogens (tertiary/aromatic N) is 3. The minimum absolute atomic E-state index is 0.0740. The summed E-state index contributed by atoms with van der Waals surface area (Å²) < 4.78 is 39.0. The predicted molar refractivity (Wildman–Crippen MR) is 143 cm³/mol. The van der Waals surface area contributed by atoms with E-state index in [0.717, 1.165) is 15.4 Å². The first-order chi connectivity index (χ1) is 18.0. The molecule has 1 amide bonds. The van der Waals surface area contributed by atoms with Gasteiger partial charge in [0.15, 0.2) is 11.5 Å². The first-order valence-corrected chi connectivity index (χ1v) is 12.8. The molecule has 0 aliphatic carbocycles. The molecule has 0 radical (unpaired) electrons. The fourth-order valence-corrected chi connectivity index (χ4v) is 5.14. The number of nitro benzene ring substituents is 1. The number of aryl methyl sites for hydroxylation is 2. The molecule has 0 saturated heterocycles. The van der Waals surface area contributed by atoms with Crippen molar-refractivity contribution in [3.8, 4) is 11.5 Å². The summed E-state index contributed by atoms with van der Waals surface area (Å²) in [5, 5.41) is 14.9. The molecule has 3 aromatic carbocycles. The van der Waals surface area contributed by atoms with Crippen LogP contribution in [0.4, 0.5) is 11.4 Å². The Morgan fingerprint density at radius 2 is 1.58 bits per heavy atom. The zero-order valence-corrected chi connectivity index (χ0v) is 22.4. The Bertz CT molecular complexity index is 1470. The Hall–Kier alpha value is -4.45. The molecule has 0 aliphatic heterocycles. The lowest BCUT2D eigenvalue weighted by molar-refractivity contribution is -0.384. The molecule has 200 valence electrons. The normalized spacial score (nSPS) is 11.6. The molecule has 38 heavy (non-hydrogen) atoms. The highest BCUT2D eigenvalue weighted by Gasteiger charge is 2.29. The Balaban J connectivity index is 1.93. The highest BCUT2D eigenvalue weighted by Crippen LogP contribution is 2.32. The third-order valence-electron chi connectivity index (χ3n) is 5.57. The second kappa shape index (κ2) is 11.7. The van der Waals surface area contributed by atoms with E-state index < -0.39 is 27.4 Å². The second-order valence-electron chi connectivity index (χ2n) is 8.41. The minimum atomic E-state index is -4.22. The summed E-state index contributed by atoms with van der Waals surface area (Å²) in [6.07, 6.45) is 0. The van der Waals surface area contributed by atoms with Gasteiger partial charge in [0, 0.05) is 18.2 Å². The number of benzene rings is 3. The van der Waals surface area contributed by atoms with E-state index in [9.17, 15) is 23.3 Å². The summed E-state index contributed by atoms with van der Waals surface area (Å²) in [4.78, 5) is 23.2. The van der Waals surface area contributed by atoms with Crippen molar-refractivity contribution >= 4 is 33.0 Å². The van der Waals surface area contributed by atoms with E-state index in [2.05, 4.69) is 10.5 Å². The molecule has 12 heteroatoms. The van der Waals surface area contributed by atoms with Gasteiger partial charge >= 0.3 is 0 Å². The average molecular weight is 541 g/mol. The largest absolute Gasteiger partial charge is 0.493 e. The van der Waals surface area contributed by atoms with Crippen LogP contribution in [0.1, 0.15) is 23.6 Å². The number of rotatable bonds is 10. The molecule has 0 atom stereocenters. The summed E-state index contributed by atoms with van der Waals surface area (Å²) in [7, 11) is -1.38. The van der Waals surface area contributed by atoms with E-state index in [0.29, 0.717) is 22.7 Å². The third kappa shape index (κ3) is 6.45. The van der Waals surface area contributed by atoms with Crippen LogP contribution >= 0.6 is 0 Å². The molecule has 3 aromatic rings. The number of carbonyl (C=O) groups excluding carboxylic acids is 1. The van der Waals surface area contributed by atoms with Gasteiger partial charge in [0.05, 0.1) is 35.4 Å².